The van der Waals surface area contributed by atoms with Gasteiger partial charge < -0.3 is 8.98 Å². The van der Waals surface area contributed by atoms with Gasteiger partial charge in [0.25, 0.3) is 0 Å². The summed E-state index contributed by atoms with van der Waals surface area (Å²) in [6, 6.07) is 64.3. The van der Waals surface area contributed by atoms with E-state index in [0.29, 0.717) is 0 Å². The van der Waals surface area contributed by atoms with E-state index in [1.165, 1.54) is 27.4 Å². The van der Waals surface area contributed by atoms with Crippen LogP contribution in [0.4, 0.5) is 0 Å². The summed E-state index contributed by atoms with van der Waals surface area (Å²) in [7, 11) is 0. The van der Waals surface area contributed by atoms with Crippen molar-refractivity contribution in [3.05, 3.63) is 182 Å². The first kappa shape index (κ1) is 28.3. The van der Waals surface area contributed by atoms with Crippen molar-refractivity contribution < 1.29 is 4.42 Å². The van der Waals surface area contributed by atoms with Gasteiger partial charge in [0.15, 0.2) is 0 Å². The maximum Gasteiger partial charge on any atom is 0.144 e. The number of para-hydroxylation sites is 4. The summed E-state index contributed by atoms with van der Waals surface area (Å²) in [5, 5.41) is 4.66. The number of furan rings is 1. The lowest BCUT2D eigenvalue weighted by molar-refractivity contribution is 0.670. The van der Waals surface area contributed by atoms with Crippen molar-refractivity contribution in [2.75, 3.05) is 0 Å². The fourth-order valence-electron chi connectivity index (χ4n) is 7.43. The Morgan fingerprint density at radius 2 is 1.02 bits per heavy atom. The minimum atomic E-state index is 0.849. The molecule has 3 heterocycles. The van der Waals surface area contributed by atoms with E-state index in [4.69, 9.17) is 9.40 Å². The quantitative estimate of drug-likeness (QED) is 0.188. The SMILES string of the molecule is c1ccc(-c2cccc(-c3cc(-c4ccc5c6ccccc6n(-c6ccccc6)c5c4)cc(-c4cccc5c4oc4ccccc45)n3)c2)cc1. The zero-order valence-electron chi connectivity index (χ0n) is 27.1. The Balaban J connectivity index is 1.22. The zero-order valence-corrected chi connectivity index (χ0v) is 27.1. The number of pyridine rings is 1. The van der Waals surface area contributed by atoms with Gasteiger partial charge in [-0.05, 0) is 76.9 Å². The Morgan fingerprint density at radius 1 is 0.380 bits per heavy atom. The highest BCUT2D eigenvalue weighted by Crippen LogP contribution is 2.40. The van der Waals surface area contributed by atoms with E-state index in [9.17, 15) is 0 Å². The van der Waals surface area contributed by atoms with Crippen molar-refractivity contribution in [2.24, 2.45) is 0 Å². The topological polar surface area (TPSA) is 31.0 Å². The second kappa shape index (κ2) is 11.5. The minimum Gasteiger partial charge on any atom is -0.455 e. The van der Waals surface area contributed by atoms with E-state index in [2.05, 4.69) is 174 Å². The maximum absolute atomic E-state index is 6.52. The molecule has 0 amide bonds. The maximum atomic E-state index is 6.52. The van der Waals surface area contributed by atoms with Crippen LogP contribution in [0.15, 0.2) is 186 Å². The molecule has 7 aromatic carbocycles. The highest BCUT2D eigenvalue weighted by molar-refractivity contribution is 6.11. The molecule has 0 bridgehead atoms. The van der Waals surface area contributed by atoms with Crippen LogP contribution in [0.5, 0.6) is 0 Å². The Hall–Kier alpha value is -6.71. The van der Waals surface area contributed by atoms with Gasteiger partial charge >= 0.3 is 0 Å². The molecule has 0 unspecified atom stereocenters. The van der Waals surface area contributed by atoms with Crippen LogP contribution in [-0.4, -0.2) is 9.55 Å². The lowest BCUT2D eigenvalue weighted by atomic mass is 9.97. The summed E-state index contributed by atoms with van der Waals surface area (Å²) in [6.07, 6.45) is 0. The third kappa shape index (κ3) is 4.63. The number of aromatic nitrogens is 2. The molecule has 0 aliphatic heterocycles. The molecule has 0 fully saturated rings. The largest absolute Gasteiger partial charge is 0.455 e. The molecule has 0 spiro atoms. The normalized spacial score (nSPS) is 11.6. The van der Waals surface area contributed by atoms with Gasteiger partial charge in [-0.25, -0.2) is 4.98 Å². The highest BCUT2D eigenvalue weighted by atomic mass is 16.3. The number of benzene rings is 7. The number of hydrogen-bond acceptors (Lipinski definition) is 2. The summed E-state index contributed by atoms with van der Waals surface area (Å²) in [6.45, 7) is 0. The summed E-state index contributed by atoms with van der Waals surface area (Å²) in [4.78, 5) is 5.35. The van der Waals surface area contributed by atoms with Crippen molar-refractivity contribution in [3.63, 3.8) is 0 Å². The standard InChI is InChI=1S/C47H30N2O/c1-3-13-31(14-4-1)32-15-11-16-34(27-32)42-28-35(29-43(48-42)41-22-12-21-40-39-20-8-10-24-46(39)50-47(40)41)33-25-26-38-37-19-7-9-23-44(37)49(45(38)30-33)36-17-5-2-6-18-36/h1-30H. The minimum absolute atomic E-state index is 0.849. The predicted molar refractivity (Wildman–Crippen MR) is 208 cm³/mol. The van der Waals surface area contributed by atoms with Crippen molar-refractivity contribution >= 4 is 43.7 Å². The first-order valence-electron chi connectivity index (χ1n) is 17.0. The fourth-order valence-corrected chi connectivity index (χ4v) is 7.43. The van der Waals surface area contributed by atoms with E-state index in [1.807, 2.05) is 12.1 Å². The van der Waals surface area contributed by atoms with Gasteiger partial charge in [0.2, 0.25) is 0 Å². The molecule has 0 saturated carbocycles. The van der Waals surface area contributed by atoms with Crippen LogP contribution in [0.25, 0.3) is 94.2 Å². The third-order valence-corrected chi connectivity index (χ3v) is 9.79. The Kier molecular flexibility index (Phi) is 6.49. The molecule has 0 N–H and O–H groups in total. The molecule has 3 aromatic heterocycles. The molecule has 3 heteroatoms. The first-order valence-corrected chi connectivity index (χ1v) is 17.0. The number of nitrogens with zero attached hydrogens (tertiary/aromatic N) is 2. The predicted octanol–water partition coefficient (Wildman–Crippen LogP) is 12.7. The molecule has 50 heavy (non-hydrogen) atoms. The molecule has 3 nitrogen and oxygen atoms in total. The molecule has 234 valence electrons. The van der Waals surface area contributed by atoms with Gasteiger partial charge in [0.05, 0.1) is 22.4 Å². The molecule has 0 radical (unpaired) electrons. The van der Waals surface area contributed by atoms with Crippen molar-refractivity contribution in [3.8, 4) is 50.5 Å². The molecule has 0 saturated heterocycles. The van der Waals surface area contributed by atoms with E-state index in [1.54, 1.807) is 0 Å². The summed E-state index contributed by atoms with van der Waals surface area (Å²) in [5.41, 5.74) is 13.6. The van der Waals surface area contributed by atoms with Crippen LogP contribution >= 0.6 is 0 Å². The Labute approximate surface area is 289 Å². The molecule has 10 aromatic rings. The van der Waals surface area contributed by atoms with E-state index in [0.717, 1.165) is 66.8 Å². The van der Waals surface area contributed by atoms with E-state index < -0.39 is 0 Å². The van der Waals surface area contributed by atoms with Crippen molar-refractivity contribution in [1.82, 2.24) is 9.55 Å². The lowest BCUT2D eigenvalue weighted by Crippen LogP contribution is -1.94. The molecular weight excluding hydrogens is 609 g/mol. The van der Waals surface area contributed by atoms with Crippen molar-refractivity contribution in [2.45, 2.75) is 0 Å². The fraction of sp³-hybridized carbons (Fsp3) is 0. The second-order valence-corrected chi connectivity index (χ2v) is 12.8. The monoisotopic (exact) mass is 638 g/mol. The van der Waals surface area contributed by atoms with Crippen molar-refractivity contribution in [1.29, 1.82) is 0 Å². The smallest absolute Gasteiger partial charge is 0.144 e. The van der Waals surface area contributed by atoms with Gasteiger partial charge in [-0.1, -0.05) is 127 Å². The van der Waals surface area contributed by atoms with Crippen LogP contribution in [0.3, 0.4) is 0 Å². The summed E-state index contributed by atoms with van der Waals surface area (Å²) >= 11 is 0. The summed E-state index contributed by atoms with van der Waals surface area (Å²) in [5.74, 6) is 0. The van der Waals surface area contributed by atoms with E-state index >= 15 is 0 Å². The van der Waals surface area contributed by atoms with Gasteiger partial charge in [-0.15, -0.1) is 0 Å². The first-order chi connectivity index (χ1) is 24.8. The van der Waals surface area contributed by atoms with Crippen LogP contribution in [0.2, 0.25) is 0 Å². The average Bonchev–Trinajstić information content (AvgIpc) is 3.74. The van der Waals surface area contributed by atoms with Crippen LogP contribution in [0.1, 0.15) is 0 Å². The Morgan fingerprint density at radius 3 is 1.90 bits per heavy atom. The number of hydrogen-bond donors (Lipinski definition) is 0. The van der Waals surface area contributed by atoms with Crippen LogP contribution in [-0.2, 0) is 0 Å². The molecule has 0 atom stereocenters. The molecule has 0 aliphatic rings. The molecular formula is C47H30N2O. The van der Waals surface area contributed by atoms with Crippen LogP contribution < -0.4 is 0 Å². The molecule has 10 rings (SSSR count). The van der Waals surface area contributed by atoms with Gasteiger partial charge in [-0.3, -0.25) is 0 Å². The molecule has 0 aliphatic carbocycles. The second-order valence-electron chi connectivity index (χ2n) is 12.8. The van der Waals surface area contributed by atoms with Gasteiger partial charge in [0.1, 0.15) is 11.2 Å². The number of rotatable bonds is 5. The highest BCUT2D eigenvalue weighted by Gasteiger charge is 2.18. The Bertz CT molecular complexity index is 2860. The average molecular weight is 639 g/mol. The lowest BCUT2D eigenvalue weighted by Gasteiger charge is -2.13. The van der Waals surface area contributed by atoms with Gasteiger partial charge in [0, 0.05) is 38.4 Å². The van der Waals surface area contributed by atoms with Crippen LogP contribution in [0, 0.1) is 0 Å². The van der Waals surface area contributed by atoms with E-state index in [-0.39, 0.29) is 0 Å². The number of fused-ring (bicyclic) bond motifs is 6. The summed E-state index contributed by atoms with van der Waals surface area (Å²) < 4.78 is 8.89. The zero-order chi connectivity index (χ0) is 33.0. The van der Waals surface area contributed by atoms with Gasteiger partial charge in [-0.2, -0.15) is 0 Å². The third-order valence-electron chi connectivity index (χ3n) is 9.79.